The lowest BCUT2D eigenvalue weighted by Gasteiger charge is -2.28. The predicted octanol–water partition coefficient (Wildman–Crippen LogP) is 2.51. The summed E-state index contributed by atoms with van der Waals surface area (Å²) in [6.45, 7) is 5.41. The number of thiophene rings is 1. The van der Waals surface area contributed by atoms with Gasteiger partial charge in [0.25, 0.3) is 0 Å². The Kier molecular flexibility index (Phi) is 4.38. The molecule has 0 aromatic carbocycles. The van der Waals surface area contributed by atoms with Crippen LogP contribution in [0.4, 0.5) is 0 Å². The van der Waals surface area contributed by atoms with E-state index in [0.29, 0.717) is 11.3 Å². The first-order chi connectivity index (χ1) is 9.66. The van der Waals surface area contributed by atoms with Gasteiger partial charge < -0.3 is 10.2 Å². The zero-order valence-electron chi connectivity index (χ0n) is 12.0. The van der Waals surface area contributed by atoms with Crippen LogP contribution in [0.2, 0.25) is 0 Å². The van der Waals surface area contributed by atoms with E-state index in [9.17, 15) is 4.79 Å². The SMILES string of the molecule is CC1(CNCC(=O)N2CCc3sccc3C2)CCCS1. The van der Waals surface area contributed by atoms with Crippen molar-refractivity contribution in [3.8, 4) is 0 Å². The summed E-state index contributed by atoms with van der Waals surface area (Å²) in [5, 5.41) is 5.51. The number of rotatable bonds is 4. The molecular formula is C15H22N2OS2. The third-order valence-electron chi connectivity index (χ3n) is 4.24. The minimum atomic E-state index is 0.244. The summed E-state index contributed by atoms with van der Waals surface area (Å²) in [7, 11) is 0. The maximum Gasteiger partial charge on any atom is 0.236 e. The molecule has 0 saturated carbocycles. The molecule has 2 aliphatic rings. The van der Waals surface area contributed by atoms with Gasteiger partial charge in [-0.1, -0.05) is 0 Å². The van der Waals surface area contributed by atoms with E-state index in [-0.39, 0.29) is 5.91 Å². The molecule has 1 unspecified atom stereocenters. The first-order valence-electron chi connectivity index (χ1n) is 7.34. The Morgan fingerprint density at radius 2 is 2.45 bits per heavy atom. The summed E-state index contributed by atoms with van der Waals surface area (Å²) in [6, 6.07) is 2.16. The van der Waals surface area contributed by atoms with Crippen LogP contribution in [0.5, 0.6) is 0 Å². The molecule has 110 valence electrons. The molecule has 1 saturated heterocycles. The number of hydrogen-bond acceptors (Lipinski definition) is 4. The summed E-state index contributed by atoms with van der Waals surface area (Å²) < 4.78 is 0.336. The van der Waals surface area contributed by atoms with E-state index in [1.165, 1.54) is 29.0 Å². The van der Waals surface area contributed by atoms with E-state index in [1.807, 2.05) is 28.0 Å². The zero-order chi connectivity index (χ0) is 14.0. The van der Waals surface area contributed by atoms with Gasteiger partial charge in [0.2, 0.25) is 5.91 Å². The van der Waals surface area contributed by atoms with Gasteiger partial charge in [0, 0.05) is 29.3 Å². The second-order valence-electron chi connectivity index (χ2n) is 5.94. The highest BCUT2D eigenvalue weighted by Crippen LogP contribution is 2.36. The number of carbonyl (C=O) groups excluding carboxylic acids is 1. The molecule has 0 aliphatic carbocycles. The number of amides is 1. The fourth-order valence-corrected chi connectivity index (χ4v) is 5.15. The molecule has 1 amide bonds. The van der Waals surface area contributed by atoms with E-state index in [4.69, 9.17) is 0 Å². The highest BCUT2D eigenvalue weighted by atomic mass is 32.2. The molecule has 3 rings (SSSR count). The molecule has 1 fully saturated rings. The summed E-state index contributed by atoms with van der Waals surface area (Å²) in [6.07, 6.45) is 3.59. The Morgan fingerprint density at radius 1 is 1.55 bits per heavy atom. The quantitative estimate of drug-likeness (QED) is 0.927. The Hall–Kier alpha value is -0.520. The molecule has 0 radical (unpaired) electrons. The van der Waals surface area contributed by atoms with Gasteiger partial charge in [-0.2, -0.15) is 11.8 Å². The number of thioether (sulfide) groups is 1. The molecule has 3 nitrogen and oxygen atoms in total. The van der Waals surface area contributed by atoms with Gasteiger partial charge in [0.05, 0.1) is 6.54 Å². The maximum absolute atomic E-state index is 12.3. The van der Waals surface area contributed by atoms with Gasteiger partial charge in [-0.15, -0.1) is 11.3 Å². The predicted molar refractivity (Wildman–Crippen MR) is 86.4 cm³/mol. The van der Waals surface area contributed by atoms with Crippen molar-refractivity contribution in [3.63, 3.8) is 0 Å². The van der Waals surface area contributed by atoms with Crippen LogP contribution < -0.4 is 5.32 Å². The molecular weight excluding hydrogens is 288 g/mol. The highest BCUT2D eigenvalue weighted by Gasteiger charge is 2.29. The molecule has 1 N–H and O–H groups in total. The van der Waals surface area contributed by atoms with Crippen LogP contribution in [0.15, 0.2) is 11.4 Å². The smallest absolute Gasteiger partial charge is 0.236 e. The lowest BCUT2D eigenvalue weighted by atomic mass is 10.1. The summed E-state index contributed by atoms with van der Waals surface area (Å²) >= 11 is 3.85. The molecule has 0 spiro atoms. The van der Waals surface area contributed by atoms with Crippen molar-refractivity contribution >= 4 is 29.0 Å². The van der Waals surface area contributed by atoms with Crippen LogP contribution in [0, 0.1) is 0 Å². The number of nitrogens with one attached hydrogen (secondary N) is 1. The average molecular weight is 310 g/mol. The van der Waals surface area contributed by atoms with E-state index >= 15 is 0 Å². The largest absolute Gasteiger partial charge is 0.337 e. The van der Waals surface area contributed by atoms with Crippen molar-refractivity contribution in [1.82, 2.24) is 10.2 Å². The summed E-state index contributed by atoms with van der Waals surface area (Å²) in [5.74, 6) is 1.51. The van der Waals surface area contributed by atoms with E-state index in [2.05, 4.69) is 23.7 Å². The van der Waals surface area contributed by atoms with Crippen LogP contribution >= 0.6 is 23.1 Å². The Balaban J connectivity index is 1.46. The molecule has 5 heteroatoms. The minimum Gasteiger partial charge on any atom is -0.337 e. The number of hydrogen-bond donors (Lipinski definition) is 1. The monoisotopic (exact) mass is 310 g/mol. The molecule has 1 atom stereocenters. The maximum atomic E-state index is 12.3. The summed E-state index contributed by atoms with van der Waals surface area (Å²) in [5.41, 5.74) is 1.34. The molecule has 0 bridgehead atoms. The Labute approximate surface area is 129 Å². The average Bonchev–Trinajstić information content (AvgIpc) is 3.06. The normalized spacial score (nSPS) is 25.8. The highest BCUT2D eigenvalue weighted by molar-refractivity contribution is 8.00. The molecule has 1 aromatic heterocycles. The summed E-state index contributed by atoms with van der Waals surface area (Å²) in [4.78, 5) is 15.7. The van der Waals surface area contributed by atoms with Crippen molar-refractivity contribution in [2.75, 3.05) is 25.4 Å². The fraction of sp³-hybridized carbons (Fsp3) is 0.667. The Bertz CT molecular complexity index is 480. The van der Waals surface area contributed by atoms with Crippen LogP contribution in [-0.4, -0.2) is 40.9 Å². The lowest BCUT2D eigenvalue weighted by molar-refractivity contribution is -0.131. The molecule has 3 heterocycles. The number of nitrogens with zero attached hydrogens (tertiary/aromatic N) is 1. The fourth-order valence-electron chi connectivity index (χ4n) is 2.98. The molecule has 1 aromatic rings. The van der Waals surface area contributed by atoms with Crippen LogP contribution in [0.3, 0.4) is 0 Å². The van der Waals surface area contributed by atoms with E-state index in [1.54, 1.807) is 0 Å². The van der Waals surface area contributed by atoms with Gasteiger partial charge in [-0.05, 0) is 48.9 Å². The van der Waals surface area contributed by atoms with Crippen LogP contribution in [0.1, 0.15) is 30.2 Å². The van der Waals surface area contributed by atoms with Gasteiger partial charge >= 0.3 is 0 Å². The first kappa shape index (κ1) is 14.4. The lowest BCUT2D eigenvalue weighted by Crippen LogP contribution is -2.43. The standard InChI is InChI=1S/C15H22N2OS2/c1-15(5-2-7-20-15)11-16-9-14(18)17-6-3-13-12(10-17)4-8-19-13/h4,8,16H,2-3,5-7,9-11H2,1H3. The van der Waals surface area contributed by atoms with Gasteiger partial charge in [-0.25, -0.2) is 0 Å². The topological polar surface area (TPSA) is 32.3 Å². The minimum absolute atomic E-state index is 0.244. The zero-order valence-corrected chi connectivity index (χ0v) is 13.6. The van der Waals surface area contributed by atoms with Crippen LogP contribution in [-0.2, 0) is 17.8 Å². The van der Waals surface area contributed by atoms with Gasteiger partial charge in [-0.3, -0.25) is 4.79 Å². The van der Waals surface area contributed by atoms with Crippen molar-refractivity contribution in [3.05, 3.63) is 21.9 Å². The second-order valence-corrected chi connectivity index (χ2v) is 8.62. The van der Waals surface area contributed by atoms with E-state index in [0.717, 1.165) is 26.1 Å². The first-order valence-corrected chi connectivity index (χ1v) is 9.20. The van der Waals surface area contributed by atoms with Crippen molar-refractivity contribution < 1.29 is 4.79 Å². The van der Waals surface area contributed by atoms with Crippen LogP contribution in [0.25, 0.3) is 0 Å². The second kappa shape index (κ2) is 6.08. The van der Waals surface area contributed by atoms with Gasteiger partial charge in [0.15, 0.2) is 0 Å². The molecule has 20 heavy (non-hydrogen) atoms. The Morgan fingerprint density at radius 3 is 3.25 bits per heavy atom. The van der Waals surface area contributed by atoms with Crippen molar-refractivity contribution in [1.29, 1.82) is 0 Å². The third kappa shape index (κ3) is 3.21. The third-order valence-corrected chi connectivity index (χ3v) is 6.80. The van der Waals surface area contributed by atoms with Gasteiger partial charge in [0.1, 0.15) is 0 Å². The number of fused-ring (bicyclic) bond motifs is 1. The van der Waals surface area contributed by atoms with Crippen molar-refractivity contribution in [2.45, 2.75) is 37.5 Å². The molecule has 2 aliphatic heterocycles. The van der Waals surface area contributed by atoms with E-state index < -0.39 is 0 Å². The van der Waals surface area contributed by atoms with Crippen molar-refractivity contribution in [2.24, 2.45) is 0 Å². The number of carbonyl (C=O) groups is 1.